The van der Waals surface area contributed by atoms with Gasteiger partial charge in [-0.2, -0.15) is 13.2 Å². The monoisotopic (exact) mass is 317 g/mol. The minimum atomic E-state index is -4.51. The maximum absolute atomic E-state index is 12.3. The van der Waals surface area contributed by atoms with Crippen LogP contribution in [0.1, 0.15) is 15.2 Å². The fourth-order valence-electron chi connectivity index (χ4n) is 1.36. The Morgan fingerprint density at radius 2 is 2.00 bits per heavy atom. The molecule has 0 spiro atoms. The molecule has 110 valence electrons. The van der Waals surface area contributed by atoms with Gasteiger partial charge in [0, 0.05) is 12.3 Å². The summed E-state index contributed by atoms with van der Waals surface area (Å²) < 4.78 is 37.0. The van der Waals surface area contributed by atoms with E-state index in [2.05, 4.69) is 10.3 Å². The molecule has 0 fully saturated rings. The molecule has 0 saturated carbocycles. The molecule has 0 aromatic carbocycles. The fraction of sp³-hybridized carbons (Fsp3) is 0.0909. The summed E-state index contributed by atoms with van der Waals surface area (Å²) in [7, 11) is 0. The molecule has 0 unspecified atom stereocenters. The fourth-order valence-corrected chi connectivity index (χ4v) is 2.08. The molecule has 0 radical (unpaired) electrons. The van der Waals surface area contributed by atoms with Crippen molar-refractivity contribution in [2.45, 2.75) is 6.18 Å². The van der Waals surface area contributed by atoms with Crippen LogP contribution in [0.15, 0.2) is 30.5 Å². The molecule has 10 heteroatoms. The highest BCUT2D eigenvalue weighted by Crippen LogP contribution is 2.29. The van der Waals surface area contributed by atoms with E-state index >= 15 is 0 Å². The van der Waals surface area contributed by atoms with Gasteiger partial charge in [0.05, 0.1) is 15.4 Å². The molecule has 2 aromatic rings. The Kier molecular flexibility index (Phi) is 3.89. The van der Waals surface area contributed by atoms with E-state index in [9.17, 15) is 28.1 Å². The number of nitrogens with zero attached hydrogens (tertiary/aromatic N) is 2. The summed E-state index contributed by atoms with van der Waals surface area (Å²) in [4.78, 5) is 25.1. The third-order valence-electron chi connectivity index (χ3n) is 2.33. The molecule has 1 amide bonds. The molecule has 21 heavy (non-hydrogen) atoms. The number of pyridine rings is 1. The van der Waals surface area contributed by atoms with Crippen molar-refractivity contribution >= 4 is 28.1 Å². The highest BCUT2D eigenvalue weighted by Gasteiger charge is 2.30. The molecule has 0 atom stereocenters. The number of rotatable bonds is 3. The Balaban J connectivity index is 2.10. The average molecular weight is 317 g/mol. The number of nitrogens with one attached hydrogen (secondary N) is 1. The smallest absolute Gasteiger partial charge is 0.306 e. The minimum Gasteiger partial charge on any atom is -0.306 e. The van der Waals surface area contributed by atoms with E-state index in [1.807, 2.05) is 0 Å². The molecule has 2 heterocycles. The van der Waals surface area contributed by atoms with Gasteiger partial charge < -0.3 is 5.32 Å². The molecular formula is C11H6F3N3O3S. The van der Waals surface area contributed by atoms with Crippen molar-refractivity contribution in [1.82, 2.24) is 4.98 Å². The Morgan fingerprint density at radius 3 is 2.48 bits per heavy atom. The van der Waals surface area contributed by atoms with Crippen LogP contribution < -0.4 is 5.32 Å². The number of thiophene rings is 1. The normalized spacial score (nSPS) is 11.2. The predicted molar refractivity (Wildman–Crippen MR) is 68.2 cm³/mol. The van der Waals surface area contributed by atoms with Crippen LogP contribution in [-0.2, 0) is 6.18 Å². The van der Waals surface area contributed by atoms with Gasteiger partial charge >= 0.3 is 11.2 Å². The number of carbonyl (C=O) groups is 1. The van der Waals surface area contributed by atoms with E-state index in [1.54, 1.807) is 0 Å². The number of hydrogen-bond donors (Lipinski definition) is 1. The Labute approximate surface area is 119 Å². The lowest BCUT2D eigenvalue weighted by molar-refractivity contribution is -0.380. The third kappa shape index (κ3) is 3.54. The topological polar surface area (TPSA) is 85.1 Å². The van der Waals surface area contributed by atoms with Crippen LogP contribution in [-0.4, -0.2) is 15.8 Å². The summed E-state index contributed by atoms with van der Waals surface area (Å²) in [5.74, 6) is -0.760. The van der Waals surface area contributed by atoms with Gasteiger partial charge in [-0.1, -0.05) is 11.3 Å². The van der Waals surface area contributed by atoms with Crippen molar-refractivity contribution in [2.24, 2.45) is 0 Å². The van der Waals surface area contributed by atoms with E-state index < -0.39 is 22.6 Å². The van der Waals surface area contributed by atoms with Crippen LogP contribution in [0.3, 0.4) is 0 Å². The van der Waals surface area contributed by atoms with Crippen molar-refractivity contribution < 1.29 is 22.9 Å². The van der Waals surface area contributed by atoms with Crippen LogP contribution in [0.25, 0.3) is 0 Å². The van der Waals surface area contributed by atoms with Crippen molar-refractivity contribution in [3.63, 3.8) is 0 Å². The second kappa shape index (κ2) is 5.48. The largest absolute Gasteiger partial charge is 0.417 e. The molecule has 1 N–H and O–H groups in total. The first kappa shape index (κ1) is 14.9. The van der Waals surface area contributed by atoms with Crippen molar-refractivity contribution in [3.05, 3.63) is 51.0 Å². The molecule has 2 aromatic heterocycles. The summed E-state index contributed by atoms with van der Waals surface area (Å²) >= 11 is 0.657. The number of anilines is 1. The SMILES string of the molecule is O=C(Nc1ccc(C(F)(F)F)cn1)c1ccc([N+](=O)[O-])s1. The zero-order valence-corrected chi connectivity index (χ0v) is 10.9. The number of carbonyl (C=O) groups excluding carboxylic acids is 1. The highest BCUT2D eigenvalue weighted by atomic mass is 32.1. The van der Waals surface area contributed by atoms with Gasteiger partial charge in [-0.25, -0.2) is 4.98 Å². The number of nitro groups is 1. The highest BCUT2D eigenvalue weighted by molar-refractivity contribution is 7.17. The van der Waals surface area contributed by atoms with E-state index in [0.717, 1.165) is 12.1 Å². The zero-order chi connectivity index (χ0) is 15.6. The van der Waals surface area contributed by atoms with Crippen molar-refractivity contribution in [1.29, 1.82) is 0 Å². The second-order valence-corrected chi connectivity index (χ2v) is 4.84. The first-order valence-electron chi connectivity index (χ1n) is 5.36. The van der Waals surface area contributed by atoms with Gasteiger partial charge in [0.2, 0.25) is 0 Å². The van der Waals surface area contributed by atoms with Gasteiger partial charge in [0.1, 0.15) is 5.82 Å². The van der Waals surface area contributed by atoms with Crippen molar-refractivity contribution in [2.75, 3.05) is 5.32 Å². The molecular weight excluding hydrogens is 311 g/mol. The Hall–Kier alpha value is -2.49. The lowest BCUT2D eigenvalue weighted by atomic mass is 10.3. The zero-order valence-electron chi connectivity index (χ0n) is 10.0. The molecule has 0 saturated heterocycles. The van der Waals surface area contributed by atoms with Gasteiger partial charge in [0.25, 0.3) is 5.91 Å². The van der Waals surface area contributed by atoms with Crippen LogP contribution >= 0.6 is 11.3 Å². The maximum Gasteiger partial charge on any atom is 0.417 e. The number of aromatic nitrogens is 1. The quantitative estimate of drug-likeness (QED) is 0.695. The summed E-state index contributed by atoms with van der Waals surface area (Å²) in [6.07, 6.45) is -3.92. The average Bonchev–Trinajstić information content (AvgIpc) is 2.88. The molecule has 6 nitrogen and oxygen atoms in total. The number of halogens is 3. The van der Waals surface area contributed by atoms with Gasteiger partial charge in [0.15, 0.2) is 0 Å². The first-order valence-corrected chi connectivity index (χ1v) is 6.18. The predicted octanol–water partition coefficient (Wildman–Crippen LogP) is 3.32. The summed E-state index contributed by atoms with van der Waals surface area (Å²) in [6.45, 7) is 0. The number of hydrogen-bond acceptors (Lipinski definition) is 5. The summed E-state index contributed by atoms with van der Waals surface area (Å²) in [6, 6.07) is 4.20. The molecule has 0 aliphatic heterocycles. The van der Waals surface area contributed by atoms with E-state index in [-0.39, 0.29) is 15.7 Å². The van der Waals surface area contributed by atoms with Gasteiger partial charge in [-0.05, 0) is 18.2 Å². The van der Waals surface area contributed by atoms with Gasteiger partial charge in [-0.15, -0.1) is 0 Å². The lowest BCUT2D eigenvalue weighted by Crippen LogP contribution is -2.12. The second-order valence-electron chi connectivity index (χ2n) is 3.78. The third-order valence-corrected chi connectivity index (χ3v) is 3.36. The molecule has 0 bridgehead atoms. The van der Waals surface area contributed by atoms with Crippen LogP contribution in [0, 0.1) is 10.1 Å². The number of amides is 1. The Bertz CT molecular complexity index is 682. The van der Waals surface area contributed by atoms with Crippen LogP contribution in [0.4, 0.5) is 24.0 Å². The summed E-state index contributed by atoms with van der Waals surface area (Å²) in [5, 5.41) is 12.5. The summed E-state index contributed by atoms with van der Waals surface area (Å²) in [5.41, 5.74) is -0.938. The van der Waals surface area contributed by atoms with Crippen molar-refractivity contribution in [3.8, 4) is 0 Å². The van der Waals surface area contributed by atoms with E-state index in [0.29, 0.717) is 17.5 Å². The Morgan fingerprint density at radius 1 is 1.29 bits per heavy atom. The standard InChI is InChI=1S/C11H6F3N3O3S/c12-11(13,14)6-1-3-8(15-5-6)16-10(18)7-2-4-9(21-7)17(19)20/h1-5H,(H,15,16,18). The van der Waals surface area contributed by atoms with E-state index in [4.69, 9.17) is 0 Å². The molecule has 0 aliphatic rings. The lowest BCUT2D eigenvalue weighted by Gasteiger charge is -2.07. The van der Waals surface area contributed by atoms with Gasteiger partial charge in [-0.3, -0.25) is 14.9 Å². The molecule has 2 rings (SSSR count). The first-order chi connectivity index (χ1) is 9.77. The maximum atomic E-state index is 12.3. The minimum absolute atomic E-state index is 0.0587. The van der Waals surface area contributed by atoms with Crippen LogP contribution in [0.2, 0.25) is 0 Å². The van der Waals surface area contributed by atoms with Crippen LogP contribution in [0.5, 0.6) is 0 Å². The van der Waals surface area contributed by atoms with E-state index in [1.165, 1.54) is 12.1 Å². The molecule has 0 aliphatic carbocycles. The number of alkyl halides is 3.